The van der Waals surface area contributed by atoms with Crippen LogP contribution in [0.4, 0.5) is 8.78 Å². The van der Waals surface area contributed by atoms with E-state index >= 15 is 8.78 Å². The van der Waals surface area contributed by atoms with Gasteiger partial charge in [0.05, 0.1) is 30.4 Å². The van der Waals surface area contributed by atoms with Gasteiger partial charge in [-0.3, -0.25) is 0 Å². The number of allylic oxidation sites excluding steroid dienone is 5. The monoisotopic (exact) mass is 536 g/mol. The molecule has 39 heavy (non-hydrogen) atoms. The number of nitrogens with zero attached hydrogens (tertiary/aromatic N) is 4. The number of ether oxygens (including phenoxy) is 2. The van der Waals surface area contributed by atoms with Crippen molar-refractivity contribution < 1.29 is 28.5 Å². The van der Waals surface area contributed by atoms with Gasteiger partial charge in [0, 0.05) is 18.1 Å². The molecule has 0 unspecified atom stereocenters. The first-order valence-corrected chi connectivity index (χ1v) is 12.2. The lowest BCUT2D eigenvalue weighted by Gasteiger charge is -2.31. The number of hydrogen-bond donors (Lipinski definition) is 4. The molecular weight excluding hydrogens is 510 g/mol. The number of imidazole rings is 1. The van der Waals surface area contributed by atoms with Crippen LogP contribution in [0.15, 0.2) is 55.1 Å². The maximum Gasteiger partial charge on any atom is 0.295 e. The van der Waals surface area contributed by atoms with E-state index in [9.17, 15) is 10.2 Å². The van der Waals surface area contributed by atoms with Crippen LogP contribution in [0.2, 0.25) is 0 Å². The number of tetrazole rings is 1. The summed E-state index contributed by atoms with van der Waals surface area (Å²) >= 11 is 0. The molecule has 2 aromatic heterocycles. The predicted octanol–water partition coefficient (Wildman–Crippen LogP) is 3.58. The minimum absolute atomic E-state index is 0.0341. The van der Waals surface area contributed by atoms with E-state index in [1.54, 1.807) is 12.2 Å². The highest BCUT2D eigenvalue weighted by Gasteiger charge is 2.31. The molecule has 0 amide bonds. The maximum absolute atomic E-state index is 15.5. The average Bonchev–Trinajstić information content (AvgIpc) is 3.61. The lowest BCUT2D eigenvalue weighted by molar-refractivity contribution is -0.131. The lowest BCUT2D eigenvalue weighted by Crippen LogP contribution is -2.45. The quantitative estimate of drug-likeness (QED) is 0.250. The third-order valence-corrected chi connectivity index (χ3v) is 6.52. The molecule has 0 saturated carbocycles. The Balaban J connectivity index is 1.38. The van der Waals surface area contributed by atoms with Crippen LogP contribution in [-0.2, 0) is 4.74 Å². The standard InChI is InChI=1S/C27H26F2N6O4/c1-3-15(5-4-14(2)16-6-8-17(9-7-16)26-32-34-35-33-26)23-19(28)11-20-25(24(23)29)31-27(30-20)39-18-10-21(37)22(12-36)38-13-18/h3-9,11,18,21-22,36-37H,1,10,12-13H2,2H3,(H,30,31)(H,32,33,34,35)/b14-4+,15-5+/t18-,21+,22-/m1/s1. The van der Waals surface area contributed by atoms with Crippen molar-refractivity contribution in [2.24, 2.45) is 0 Å². The minimum atomic E-state index is -0.917. The first-order chi connectivity index (χ1) is 18.9. The number of rotatable bonds is 8. The van der Waals surface area contributed by atoms with E-state index in [-0.39, 0.29) is 47.8 Å². The Bertz CT molecular complexity index is 1530. The highest BCUT2D eigenvalue weighted by Crippen LogP contribution is 2.31. The second-order valence-electron chi connectivity index (χ2n) is 9.09. The number of fused-ring (bicyclic) bond motifs is 1. The van der Waals surface area contributed by atoms with Crippen molar-refractivity contribution in [3.8, 4) is 17.4 Å². The van der Waals surface area contributed by atoms with Crippen LogP contribution >= 0.6 is 0 Å². The molecule has 202 valence electrons. The van der Waals surface area contributed by atoms with E-state index in [0.29, 0.717) is 5.82 Å². The summed E-state index contributed by atoms with van der Waals surface area (Å²) < 4.78 is 41.7. The molecular formula is C27H26F2N6O4. The Kier molecular flexibility index (Phi) is 7.59. The summed E-state index contributed by atoms with van der Waals surface area (Å²) in [5.41, 5.74) is 2.56. The van der Waals surface area contributed by atoms with Gasteiger partial charge in [-0.15, -0.1) is 5.10 Å². The third-order valence-electron chi connectivity index (χ3n) is 6.52. The number of halogens is 2. The fourth-order valence-corrected chi connectivity index (χ4v) is 4.36. The molecule has 5 rings (SSSR count). The fourth-order valence-electron chi connectivity index (χ4n) is 4.36. The van der Waals surface area contributed by atoms with Crippen molar-refractivity contribution in [1.29, 1.82) is 0 Å². The Hall–Kier alpha value is -4.26. The first-order valence-electron chi connectivity index (χ1n) is 12.2. The Morgan fingerprint density at radius 2 is 2.05 bits per heavy atom. The highest BCUT2D eigenvalue weighted by molar-refractivity contribution is 5.86. The second kappa shape index (κ2) is 11.2. The van der Waals surface area contributed by atoms with Gasteiger partial charge >= 0.3 is 0 Å². The molecule has 4 aromatic rings. The number of aliphatic hydroxyl groups is 2. The molecule has 3 heterocycles. The van der Waals surface area contributed by atoms with Crippen molar-refractivity contribution in [3.63, 3.8) is 0 Å². The van der Waals surface area contributed by atoms with Gasteiger partial charge in [0.1, 0.15) is 23.5 Å². The smallest absolute Gasteiger partial charge is 0.295 e. The van der Waals surface area contributed by atoms with E-state index < -0.39 is 29.9 Å². The number of benzene rings is 2. The van der Waals surface area contributed by atoms with Crippen LogP contribution in [0.25, 0.3) is 33.6 Å². The molecule has 0 radical (unpaired) electrons. The van der Waals surface area contributed by atoms with Crippen LogP contribution in [0.5, 0.6) is 6.01 Å². The lowest BCUT2D eigenvalue weighted by atomic mass is 10.0. The second-order valence-corrected chi connectivity index (χ2v) is 9.09. The van der Waals surface area contributed by atoms with Gasteiger partial charge in [0.25, 0.3) is 6.01 Å². The van der Waals surface area contributed by atoms with Crippen molar-refractivity contribution in [2.45, 2.75) is 31.7 Å². The molecule has 4 N–H and O–H groups in total. The van der Waals surface area contributed by atoms with Crippen LogP contribution in [0.1, 0.15) is 24.5 Å². The number of aromatic nitrogens is 6. The summed E-state index contributed by atoms with van der Waals surface area (Å²) in [6.45, 7) is 5.41. The number of hydrogen-bond acceptors (Lipinski definition) is 8. The largest absolute Gasteiger partial charge is 0.459 e. The van der Waals surface area contributed by atoms with Crippen LogP contribution in [-0.4, -0.2) is 72.3 Å². The van der Waals surface area contributed by atoms with E-state index in [4.69, 9.17) is 9.47 Å². The van der Waals surface area contributed by atoms with Crippen LogP contribution in [0, 0.1) is 11.6 Å². The molecule has 0 bridgehead atoms. The normalized spacial score (nSPS) is 20.4. The summed E-state index contributed by atoms with van der Waals surface area (Å²) in [7, 11) is 0. The van der Waals surface area contributed by atoms with E-state index in [0.717, 1.165) is 22.8 Å². The number of aliphatic hydroxyl groups excluding tert-OH is 2. The molecule has 3 atom stereocenters. The van der Waals surface area contributed by atoms with Crippen LogP contribution < -0.4 is 4.74 Å². The van der Waals surface area contributed by atoms with Crippen molar-refractivity contribution >= 4 is 22.2 Å². The van der Waals surface area contributed by atoms with Gasteiger partial charge in [-0.1, -0.05) is 49.1 Å². The third kappa shape index (κ3) is 5.48. The fraction of sp³-hybridized carbons (Fsp3) is 0.259. The average molecular weight is 537 g/mol. The molecule has 1 aliphatic rings. The first kappa shape index (κ1) is 26.4. The van der Waals surface area contributed by atoms with E-state index in [1.807, 2.05) is 31.2 Å². The van der Waals surface area contributed by atoms with Crippen LogP contribution in [0.3, 0.4) is 0 Å². The molecule has 1 fully saturated rings. The molecule has 10 nitrogen and oxygen atoms in total. The van der Waals surface area contributed by atoms with Gasteiger partial charge in [0.2, 0.25) is 0 Å². The molecule has 1 saturated heterocycles. The summed E-state index contributed by atoms with van der Waals surface area (Å²) in [4.78, 5) is 6.93. The summed E-state index contributed by atoms with van der Waals surface area (Å²) in [6, 6.07) is 8.62. The summed E-state index contributed by atoms with van der Waals surface area (Å²) in [5.74, 6) is -1.11. The Morgan fingerprint density at radius 3 is 2.72 bits per heavy atom. The van der Waals surface area contributed by atoms with Crippen molar-refractivity contribution in [2.75, 3.05) is 13.2 Å². The Labute approximate surface area is 221 Å². The topological polar surface area (TPSA) is 142 Å². The van der Waals surface area contributed by atoms with Gasteiger partial charge < -0.3 is 24.7 Å². The van der Waals surface area contributed by atoms with E-state index in [1.165, 1.54) is 6.08 Å². The predicted molar refractivity (Wildman–Crippen MR) is 139 cm³/mol. The summed E-state index contributed by atoms with van der Waals surface area (Å²) in [5, 5.41) is 33.0. The van der Waals surface area contributed by atoms with Gasteiger partial charge in [-0.25, -0.2) is 13.9 Å². The van der Waals surface area contributed by atoms with Crippen molar-refractivity contribution in [3.05, 3.63) is 77.9 Å². The zero-order valence-electron chi connectivity index (χ0n) is 20.9. The maximum atomic E-state index is 15.5. The van der Waals surface area contributed by atoms with Gasteiger partial charge in [-0.05, 0) is 34.1 Å². The number of aromatic amines is 2. The zero-order valence-corrected chi connectivity index (χ0v) is 20.9. The zero-order chi connectivity index (χ0) is 27.5. The molecule has 2 aromatic carbocycles. The van der Waals surface area contributed by atoms with E-state index in [2.05, 4.69) is 37.2 Å². The molecule has 1 aliphatic heterocycles. The molecule has 0 spiro atoms. The van der Waals surface area contributed by atoms with Gasteiger partial charge in [-0.2, -0.15) is 4.98 Å². The SMILES string of the molecule is C=C/C(=C\C=C(/C)c1ccc(-c2nnn[nH]2)cc1)c1c(F)cc2[nH]c(O[C@H]3CO[C@H](CO)[C@@H](O)C3)nc2c1F. The molecule has 12 heteroatoms. The number of nitrogens with one attached hydrogen (secondary N) is 2. The summed E-state index contributed by atoms with van der Waals surface area (Å²) in [6.07, 6.45) is 2.73. The van der Waals surface area contributed by atoms with Crippen molar-refractivity contribution in [1.82, 2.24) is 30.6 Å². The number of H-pyrrole nitrogens is 2. The highest BCUT2D eigenvalue weighted by atomic mass is 19.1. The van der Waals surface area contributed by atoms with Gasteiger partial charge in [0.15, 0.2) is 11.6 Å². The molecule has 0 aliphatic carbocycles. The minimum Gasteiger partial charge on any atom is -0.459 e. The Morgan fingerprint density at radius 1 is 1.26 bits per heavy atom.